The van der Waals surface area contributed by atoms with Gasteiger partial charge in [-0.05, 0) is 107 Å². The number of rotatable bonds is 4. The topological polar surface area (TPSA) is 0 Å². The normalized spacial score (nSPS) is 12.4. The van der Waals surface area contributed by atoms with Crippen LogP contribution in [0, 0.1) is 47.0 Å². The standard InChI is InChI=1S/C37H52Si2/c1-24-19-26(3)33(27(4)20-24)30-17-16-18-31(34-28(5)21-25(2)22-29(34)6)35(30)38(37(10,11)12)23-32(36(7,8)9)39(13,14)15/h16-22H,1-15H3. The van der Waals surface area contributed by atoms with Crippen molar-refractivity contribution in [3.63, 3.8) is 0 Å². The molecule has 0 heterocycles. The average Bonchev–Trinajstić information content (AvgIpc) is 2.71. The van der Waals surface area contributed by atoms with E-state index in [9.17, 15) is 0 Å². The lowest BCUT2D eigenvalue weighted by Crippen LogP contribution is -2.39. The van der Waals surface area contributed by atoms with Crippen LogP contribution in [0.25, 0.3) is 22.3 Å². The number of benzene rings is 3. The molecular formula is C37H52Si2. The molecule has 0 saturated carbocycles. The van der Waals surface area contributed by atoms with Gasteiger partial charge < -0.3 is 0 Å². The highest BCUT2D eigenvalue weighted by molar-refractivity contribution is 6.90. The molecule has 0 aliphatic heterocycles. The first-order valence-electron chi connectivity index (χ1n) is 14.6. The van der Waals surface area contributed by atoms with Gasteiger partial charge in [0.2, 0.25) is 0 Å². The van der Waals surface area contributed by atoms with Crippen LogP contribution in [0.15, 0.2) is 47.7 Å². The molecule has 208 valence electrons. The van der Waals surface area contributed by atoms with Crippen molar-refractivity contribution in [2.75, 3.05) is 0 Å². The van der Waals surface area contributed by atoms with Crippen LogP contribution in [0.2, 0.25) is 24.7 Å². The fraction of sp³-hybridized carbons (Fsp3) is 0.459. The summed E-state index contributed by atoms with van der Waals surface area (Å²) in [5.41, 5.74) is 13.8. The van der Waals surface area contributed by atoms with E-state index in [0.717, 1.165) is 0 Å². The third-order valence-corrected chi connectivity index (χ3v) is 13.4. The van der Waals surface area contributed by atoms with E-state index >= 15 is 0 Å². The molecule has 0 N–H and O–H groups in total. The van der Waals surface area contributed by atoms with Crippen LogP contribution in [-0.2, 0) is 0 Å². The van der Waals surface area contributed by atoms with Gasteiger partial charge >= 0.3 is 0 Å². The Kier molecular flexibility index (Phi) is 8.79. The molecule has 0 spiro atoms. The van der Waals surface area contributed by atoms with Gasteiger partial charge in [0.25, 0.3) is 0 Å². The van der Waals surface area contributed by atoms with E-state index in [-0.39, 0.29) is 10.5 Å². The molecule has 0 nitrogen and oxygen atoms in total. The van der Waals surface area contributed by atoms with Crippen molar-refractivity contribution >= 4 is 27.0 Å². The highest BCUT2D eigenvalue weighted by atomic mass is 28.3. The molecule has 0 fully saturated rings. The molecule has 0 radical (unpaired) electrons. The highest BCUT2D eigenvalue weighted by Gasteiger charge is 2.33. The molecule has 0 bridgehead atoms. The van der Waals surface area contributed by atoms with Gasteiger partial charge in [-0.1, -0.05) is 115 Å². The molecule has 3 rings (SSSR count). The highest BCUT2D eigenvalue weighted by Crippen LogP contribution is 2.37. The Morgan fingerprint density at radius 3 is 1.28 bits per heavy atom. The maximum Gasteiger partial charge on any atom is 0.107 e. The van der Waals surface area contributed by atoms with Crippen LogP contribution in [0.5, 0.6) is 0 Å². The molecule has 0 saturated heterocycles. The average molecular weight is 553 g/mol. The Balaban J connectivity index is 2.72. The maximum absolute atomic E-state index is 4.39. The van der Waals surface area contributed by atoms with E-state index in [2.05, 4.69) is 151 Å². The first-order valence-corrected chi connectivity index (χ1v) is 19.6. The molecule has 0 aliphatic rings. The van der Waals surface area contributed by atoms with E-state index in [0.29, 0.717) is 0 Å². The van der Waals surface area contributed by atoms with Crippen LogP contribution < -0.4 is 5.19 Å². The summed E-state index contributed by atoms with van der Waals surface area (Å²) in [5.74, 6) is 0. The summed E-state index contributed by atoms with van der Waals surface area (Å²) in [4.78, 5) is 0. The van der Waals surface area contributed by atoms with Gasteiger partial charge in [-0.3, -0.25) is 0 Å². The second-order valence-corrected chi connectivity index (χ2v) is 22.9. The third-order valence-electron chi connectivity index (χ3n) is 7.71. The van der Waals surface area contributed by atoms with E-state index in [1.165, 1.54) is 60.8 Å². The Morgan fingerprint density at radius 1 is 0.641 bits per heavy atom. The lowest BCUT2D eigenvalue weighted by Gasteiger charge is -2.33. The molecule has 0 aromatic heterocycles. The fourth-order valence-corrected chi connectivity index (χ4v) is 13.7. The van der Waals surface area contributed by atoms with Crippen molar-refractivity contribution in [2.24, 2.45) is 5.41 Å². The van der Waals surface area contributed by atoms with Gasteiger partial charge in [0.05, 0.1) is 8.07 Å². The minimum atomic E-state index is -1.62. The van der Waals surface area contributed by atoms with Crippen molar-refractivity contribution in [1.82, 2.24) is 0 Å². The maximum atomic E-state index is 4.39. The van der Waals surface area contributed by atoms with Gasteiger partial charge in [-0.15, -0.1) is 0 Å². The monoisotopic (exact) mass is 552 g/mol. The second kappa shape index (κ2) is 11.0. The first kappa shape index (κ1) is 31.3. The van der Waals surface area contributed by atoms with Gasteiger partial charge in [-0.2, -0.15) is 5.33 Å². The van der Waals surface area contributed by atoms with Crippen LogP contribution in [-0.4, -0.2) is 21.8 Å². The molecule has 0 amide bonds. The van der Waals surface area contributed by atoms with Crippen molar-refractivity contribution in [3.8, 4) is 22.3 Å². The van der Waals surface area contributed by atoms with Crippen molar-refractivity contribution in [1.29, 1.82) is 0 Å². The first-order chi connectivity index (χ1) is 17.7. The fourth-order valence-electron chi connectivity index (χ4n) is 6.70. The SMILES string of the molecule is Cc1cc(C)c(-c2cccc(-c3c(C)cc(C)cc3C)c2[Si](=C=C(C(C)(C)C)[Si](C)(C)C)C(C)(C)C)c(C)c1. The Morgan fingerprint density at radius 2 is 1.00 bits per heavy atom. The molecule has 0 unspecified atom stereocenters. The summed E-state index contributed by atoms with van der Waals surface area (Å²) in [6.45, 7) is 35.6. The molecule has 3 aromatic carbocycles. The number of hydrogen-bond acceptors (Lipinski definition) is 0. The molecule has 0 atom stereocenters. The quantitative estimate of drug-likeness (QED) is 0.282. The van der Waals surface area contributed by atoms with Gasteiger partial charge in [-0.25, -0.2) is 0 Å². The number of allylic oxidation sites excluding steroid dienone is 1. The zero-order valence-electron chi connectivity index (χ0n) is 27.5. The van der Waals surface area contributed by atoms with Crippen LogP contribution in [0.3, 0.4) is 0 Å². The lowest BCUT2D eigenvalue weighted by molar-refractivity contribution is 0.531. The predicted octanol–water partition coefficient (Wildman–Crippen LogP) is 10.2. The van der Waals surface area contributed by atoms with Crippen molar-refractivity contribution in [2.45, 2.75) is 108 Å². The minimum absolute atomic E-state index is 0.0880. The van der Waals surface area contributed by atoms with Gasteiger partial charge in [0.15, 0.2) is 0 Å². The van der Waals surface area contributed by atoms with Gasteiger partial charge in [0.1, 0.15) is 8.41 Å². The summed E-state index contributed by atoms with van der Waals surface area (Å²) >= 11 is 0. The van der Waals surface area contributed by atoms with Crippen molar-refractivity contribution < 1.29 is 0 Å². The van der Waals surface area contributed by atoms with Crippen LogP contribution in [0.1, 0.15) is 74.9 Å². The Labute approximate surface area is 242 Å². The van der Waals surface area contributed by atoms with E-state index in [1.54, 1.807) is 5.20 Å². The van der Waals surface area contributed by atoms with E-state index in [4.69, 9.17) is 0 Å². The lowest BCUT2D eigenvalue weighted by atomic mass is 9.89. The molecule has 2 heteroatoms. The zero-order chi connectivity index (χ0) is 29.7. The summed E-state index contributed by atoms with van der Waals surface area (Å²) in [7, 11) is -2.91. The largest absolute Gasteiger partial charge is 0.155 e. The molecular weight excluding hydrogens is 501 g/mol. The Hall–Kier alpha value is -2.26. The molecule has 0 aliphatic carbocycles. The minimum Gasteiger partial charge on any atom is -0.155 e. The van der Waals surface area contributed by atoms with Crippen molar-refractivity contribution in [3.05, 3.63) is 81.0 Å². The molecule has 39 heavy (non-hydrogen) atoms. The number of aryl methyl sites for hydroxylation is 6. The van der Waals surface area contributed by atoms with Crippen LogP contribution in [0.4, 0.5) is 0 Å². The van der Waals surface area contributed by atoms with Gasteiger partial charge in [0, 0.05) is 0 Å². The van der Waals surface area contributed by atoms with E-state index < -0.39 is 16.5 Å². The van der Waals surface area contributed by atoms with E-state index in [1.807, 2.05) is 0 Å². The van der Waals surface area contributed by atoms with Crippen LogP contribution >= 0.6 is 0 Å². The third kappa shape index (κ3) is 6.73. The predicted molar refractivity (Wildman–Crippen MR) is 182 cm³/mol. The summed E-state index contributed by atoms with van der Waals surface area (Å²) in [6.07, 6.45) is 0. The summed E-state index contributed by atoms with van der Waals surface area (Å²) in [6, 6.07) is 16.5. The zero-order valence-corrected chi connectivity index (χ0v) is 29.5. The summed E-state index contributed by atoms with van der Waals surface area (Å²) < 4.78 is 0. The Bertz CT molecular complexity index is 1330. The number of hydrogen-bond donors (Lipinski definition) is 0. The smallest absolute Gasteiger partial charge is 0.107 e. The summed E-state index contributed by atoms with van der Waals surface area (Å²) in [5, 5.41) is 7.59. The molecule has 3 aromatic rings. The second-order valence-electron chi connectivity index (χ2n) is 14.9.